The third kappa shape index (κ3) is 6.51. The number of benzene rings is 7. The molecule has 0 amide bonds. The van der Waals surface area contributed by atoms with Gasteiger partial charge in [-0.2, -0.15) is 26.3 Å². The molecule has 10 rings (SSSR count). The molecule has 62 heavy (non-hydrogen) atoms. The van der Waals surface area contributed by atoms with Gasteiger partial charge in [0.15, 0.2) is 0 Å². The lowest BCUT2D eigenvalue weighted by Gasteiger charge is -2.19. The Hall–Kier alpha value is -7.13. The van der Waals surface area contributed by atoms with Gasteiger partial charge < -0.3 is 4.57 Å². The van der Waals surface area contributed by atoms with E-state index < -0.39 is 23.5 Å². The number of hydrogen-bond acceptors (Lipinski definition) is 1. The van der Waals surface area contributed by atoms with Crippen molar-refractivity contribution in [3.8, 4) is 44.9 Å². The Balaban J connectivity index is 1.26. The zero-order valence-electron chi connectivity index (χ0n) is 34.0. The van der Waals surface area contributed by atoms with Crippen LogP contribution in [-0.2, 0) is 12.4 Å². The van der Waals surface area contributed by atoms with Crippen LogP contribution in [0.4, 0.5) is 26.3 Å². The Morgan fingerprint density at radius 2 is 0.871 bits per heavy atom. The topological polar surface area (TPSA) is 22.8 Å². The lowest BCUT2D eigenvalue weighted by molar-refractivity contribution is -0.143. The van der Waals surface area contributed by atoms with E-state index in [0.29, 0.717) is 17.0 Å². The summed E-state index contributed by atoms with van der Waals surface area (Å²) < 4.78 is 91.0. The van der Waals surface area contributed by atoms with E-state index in [9.17, 15) is 26.3 Å². The third-order valence-electron chi connectivity index (χ3n) is 12.0. The molecule has 0 unspecified atom stereocenters. The zero-order valence-corrected chi connectivity index (χ0v) is 34.0. The molecule has 0 saturated carbocycles. The van der Waals surface area contributed by atoms with Crippen LogP contribution in [0.2, 0.25) is 0 Å². The first-order chi connectivity index (χ1) is 29.6. The molecule has 10 aromatic rings. The van der Waals surface area contributed by atoms with Crippen molar-refractivity contribution in [1.29, 1.82) is 0 Å². The van der Waals surface area contributed by atoms with Gasteiger partial charge in [0.2, 0.25) is 0 Å². The number of pyridine rings is 1. The second-order valence-corrected chi connectivity index (χ2v) is 16.2. The summed E-state index contributed by atoms with van der Waals surface area (Å²) in [6, 6.07) is 43.5. The van der Waals surface area contributed by atoms with Crippen molar-refractivity contribution in [3.05, 3.63) is 185 Å². The van der Waals surface area contributed by atoms with Crippen molar-refractivity contribution in [2.45, 2.75) is 40.0 Å². The Kier molecular flexibility index (Phi) is 8.96. The molecule has 3 aromatic heterocycles. The maximum absolute atomic E-state index is 14.5. The standard InChI is InChI=1S/C53H37F6N3/c1-30-13-17-39(32(3)21-30)34-15-19-48-44(25-34)41-9-5-7-11-46(41)61(48)50-29-60-51(28-43(50)36-23-37(52(54,55)56)27-38(24-36)53(57,58)59)62-47-12-8-6-10-42(47)45-26-35(16-20-49(45)62)40-18-14-31(2)22-33(40)4/h5-29H,1-4H3. The molecule has 0 radical (unpaired) electrons. The molecule has 3 nitrogen and oxygen atoms in total. The van der Waals surface area contributed by atoms with Crippen LogP contribution in [0.15, 0.2) is 152 Å². The number of alkyl halides is 6. The Bertz CT molecular complexity index is 3410. The molecular weight excluding hydrogens is 793 g/mol. The predicted molar refractivity (Wildman–Crippen MR) is 238 cm³/mol. The molecule has 0 aliphatic rings. The van der Waals surface area contributed by atoms with Crippen molar-refractivity contribution in [2.75, 3.05) is 0 Å². The van der Waals surface area contributed by atoms with E-state index in [0.717, 1.165) is 94.7 Å². The summed E-state index contributed by atoms with van der Waals surface area (Å²) >= 11 is 0. The van der Waals surface area contributed by atoms with Crippen molar-refractivity contribution in [3.63, 3.8) is 0 Å². The number of rotatable bonds is 5. The fourth-order valence-corrected chi connectivity index (χ4v) is 9.14. The molecule has 0 N–H and O–H groups in total. The van der Waals surface area contributed by atoms with Crippen LogP contribution in [0.5, 0.6) is 0 Å². The van der Waals surface area contributed by atoms with Gasteiger partial charge in [0, 0.05) is 27.1 Å². The highest BCUT2D eigenvalue weighted by atomic mass is 19.4. The fourth-order valence-electron chi connectivity index (χ4n) is 9.14. The summed E-state index contributed by atoms with van der Waals surface area (Å²) in [4.78, 5) is 5.01. The summed E-state index contributed by atoms with van der Waals surface area (Å²) in [7, 11) is 0. The smallest absolute Gasteiger partial charge is 0.307 e. The molecule has 3 heterocycles. The van der Waals surface area contributed by atoms with E-state index in [1.165, 1.54) is 0 Å². The Morgan fingerprint density at radius 1 is 0.403 bits per heavy atom. The minimum Gasteiger partial charge on any atom is -0.307 e. The number of hydrogen-bond donors (Lipinski definition) is 0. The summed E-state index contributed by atoms with van der Waals surface area (Å²) in [5.41, 5.74) is 9.05. The minimum absolute atomic E-state index is 0.144. The van der Waals surface area contributed by atoms with E-state index in [4.69, 9.17) is 4.98 Å². The molecule has 0 aliphatic carbocycles. The van der Waals surface area contributed by atoms with Gasteiger partial charge in [-0.1, -0.05) is 96.1 Å². The van der Waals surface area contributed by atoms with Crippen LogP contribution in [-0.4, -0.2) is 14.1 Å². The largest absolute Gasteiger partial charge is 0.416 e. The fraction of sp³-hybridized carbons (Fsp3) is 0.113. The number of aryl methyl sites for hydroxylation is 4. The van der Waals surface area contributed by atoms with Gasteiger partial charge in [0.1, 0.15) is 5.82 Å². The number of fused-ring (bicyclic) bond motifs is 6. The highest BCUT2D eigenvalue weighted by Gasteiger charge is 2.37. The first kappa shape index (κ1) is 39.0. The monoisotopic (exact) mass is 829 g/mol. The summed E-state index contributed by atoms with van der Waals surface area (Å²) in [6.07, 6.45) is -8.54. The lowest BCUT2D eigenvalue weighted by Crippen LogP contribution is -2.11. The molecule has 0 fully saturated rings. The highest BCUT2D eigenvalue weighted by molar-refractivity contribution is 6.12. The quantitative estimate of drug-likeness (QED) is 0.158. The van der Waals surface area contributed by atoms with Gasteiger partial charge in [0.25, 0.3) is 0 Å². The maximum Gasteiger partial charge on any atom is 0.416 e. The number of para-hydroxylation sites is 2. The van der Waals surface area contributed by atoms with Gasteiger partial charge in [-0.05, 0) is 127 Å². The molecule has 0 aliphatic heterocycles. The van der Waals surface area contributed by atoms with Gasteiger partial charge in [0.05, 0.1) is 45.1 Å². The summed E-state index contributed by atoms with van der Waals surface area (Å²) in [6.45, 7) is 8.22. The molecule has 306 valence electrons. The van der Waals surface area contributed by atoms with E-state index in [2.05, 4.69) is 62.4 Å². The van der Waals surface area contributed by atoms with Crippen LogP contribution in [0, 0.1) is 27.7 Å². The second-order valence-electron chi connectivity index (χ2n) is 16.2. The van der Waals surface area contributed by atoms with Crippen molar-refractivity contribution in [2.24, 2.45) is 0 Å². The van der Waals surface area contributed by atoms with E-state index in [-0.39, 0.29) is 17.2 Å². The van der Waals surface area contributed by atoms with Crippen molar-refractivity contribution in [1.82, 2.24) is 14.1 Å². The number of aromatic nitrogens is 3. The SMILES string of the molecule is Cc1ccc(-c2ccc3c(c2)c2ccccc2n3-c2cc(-c3cc(C(F)(F)F)cc(C(F)(F)F)c3)c(-n3c4ccccc4c4cc(-c5ccc(C)cc5C)ccc43)cn2)c(C)c1. The Morgan fingerprint density at radius 3 is 1.37 bits per heavy atom. The van der Waals surface area contributed by atoms with Crippen molar-refractivity contribution >= 4 is 43.6 Å². The van der Waals surface area contributed by atoms with Crippen LogP contribution >= 0.6 is 0 Å². The lowest BCUT2D eigenvalue weighted by atomic mass is 9.97. The van der Waals surface area contributed by atoms with Crippen molar-refractivity contribution < 1.29 is 26.3 Å². The zero-order chi connectivity index (χ0) is 43.2. The number of halogens is 6. The Labute approximate surface area is 353 Å². The third-order valence-corrected chi connectivity index (χ3v) is 12.0. The second kappa shape index (κ2) is 14.2. The van der Waals surface area contributed by atoms with Gasteiger partial charge in [-0.25, -0.2) is 4.98 Å². The molecule has 0 saturated heterocycles. The highest BCUT2D eigenvalue weighted by Crippen LogP contribution is 2.44. The first-order valence-corrected chi connectivity index (χ1v) is 20.2. The van der Waals surface area contributed by atoms with Gasteiger partial charge in [-0.15, -0.1) is 0 Å². The average Bonchev–Trinajstić information content (AvgIpc) is 3.75. The number of nitrogens with zero attached hydrogens (tertiary/aromatic N) is 3. The van der Waals surface area contributed by atoms with Crippen LogP contribution in [0.25, 0.3) is 88.5 Å². The van der Waals surface area contributed by atoms with E-state index in [1.54, 1.807) is 12.3 Å². The van der Waals surface area contributed by atoms with Crippen LogP contribution in [0.1, 0.15) is 33.4 Å². The average molecular weight is 830 g/mol. The first-order valence-electron chi connectivity index (χ1n) is 20.2. The summed E-state index contributed by atoms with van der Waals surface area (Å²) in [5, 5.41) is 3.58. The molecule has 0 spiro atoms. The molecule has 0 atom stereocenters. The molecule has 9 heteroatoms. The normalized spacial score (nSPS) is 12.4. The maximum atomic E-state index is 14.5. The van der Waals surface area contributed by atoms with Gasteiger partial charge >= 0.3 is 12.4 Å². The van der Waals surface area contributed by atoms with Gasteiger partial charge in [-0.3, -0.25) is 4.57 Å². The molecule has 7 aromatic carbocycles. The van der Waals surface area contributed by atoms with E-state index >= 15 is 0 Å². The predicted octanol–water partition coefficient (Wildman–Crippen LogP) is 15.5. The van der Waals surface area contributed by atoms with E-state index in [1.807, 2.05) is 95.8 Å². The molecule has 0 bridgehead atoms. The minimum atomic E-state index is -5.05. The molecular formula is C53H37F6N3. The van der Waals surface area contributed by atoms with Crippen LogP contribution < -0.4 is 0 Å². The van der Waals surface area contributed by atoms with Crippen LogP contribution in [0.3, 0.4) is 0 Å². The summed E-state index contributed by atoms with van der Waals surface area (Å²) in [5.74, 6) is 0.332.